The van der Waals surface area contributed by atoms with Crippen LogP contribution in [0.25, 0.3) is 0 Å². The van der Waals surface area contributed by atoms with Gasteiger partial charge < -0.3 is 5.32 Å². The Morgan fingerprint density at radius 1 is 1.37 bits per heavy atom. The lowest BCUT2D eigenvalue weighted by Gasteiger charge is -2.12. The number of hydrogen-bond donors (Lipinski definition) is 1. The summed E-state index contributed by atoms with van der Waals surface area (Å²) in [4.78, 5) is 0. The van der Waals surface area contributed by atoms with Crippen LogP contribution in [0.5, 0.6) is 0 Å². The molecule has 0 bridgehead atoms. The zero-order valence-electron chi connectivity index (χ0n) is 11.5. The Labute approximate surface area is 113 Å². The second kappa shape index (κ2) is 5.57. The SMILES string of the molecule is Cc1cccc(NC(C#N)c2cnn(C(C)C)c2)c1. The summed E-state index contributed by atoms with van der Waals surface area (Å²) in [6.07, 6.45) is 3.66. The van der Waals surface area contributed by atoms with Gasteiger partial charge in [-0.1, -0.05) is 12.1 Å². The molecule has 1 unspecified atom stereocenters. The van der Waals surface area contributed by atoms with Crippen LogP contribution in [0.1, 0.15) is 37.1 Å². The molecule has 0 amide bonds. The van der Waals surface area contributed by atoms with Gasteiger partial charge in [0.05, 0.1) is 12.3 Å². The van der Waals surface area contributed by atoms with Gasteiger partial charge in [-0.15, -0.1) is 0 Å². The molecule has 1 atom stereocenters. The quantitative estimate of drug-likeness (QED) is 0.909. The molecule has 2 aromatic rings. The van der Waals surface area contributed by atoms with E-state index in [2.05, 4.69) is 30.3 Å². The van der Waals surface area contributed by atoms with E-state index in [0.717, 1.165) is 11.3 Å². The Morgan fingerprint density at radius 3 is 2.74 bits per heavy atom. The Kier molecular flexibility index (Phi) is 3.86. The van der Waals surface area contributed by atoms with Crippen molar-refractivity contribution in [2.45, 2.75) is 32.9 Å². The average Bonchev–Trinajstić information content (AvgIpc) is 2.85. The van der Waals surface area contributed by atoms with Crippen molar-refractivity contribution in [1.29, 1.82) is 5.26 Å². The molecule has 0 fully saturated rings. The fourth-order valence-corrected chi connectivity index (χ4v) is 1.88. The monoisotopic (exact) mass is 254 g/mol. The molecule has 0 aliphatic heterocycles. The van der Waals surface area contributed by atoms with Crippen LogP contribution in [0.4, 0.5) is 5.69 Å². The van der Waals surface area contributed by atoms with Gasteiger partial charge in [0.2, 0.25) is 0 Å². The minimum absolute atomic E-state index is 0.298. The van der Waals surface area contributed by atoms with Crippen LogP contribution in [0.3, 0.4) is 0 Å². The topological polar surface area (TPSA) is 53.6 Å². The van der Waals surface area contributed by atoms with Gasteiger partial charge in [-0.2, -0.15) is 10.4 Å². The van der Waals surface area contributed by atoms with Crippen molar-refractivity contribution in [1.82, 2.24) is 9.78 Å². The molecule has 4 heteroatoms. The van der Waals surface area contributed by atoms with Gasteiger partial charge in [-0.25, -0.2) is 0 Å². The third-order valence-electron chi connectivity index (χ3n) is 2.94. The third kappa shape index (κ3) is 3.14. The molecule has 0 aliphatic rings. The smallest absolute Gasteiger partial charge is 0.143 e. The van der Waals surface area contributed by atoms with Crippen molar-refractivity contribution in [3.63, 3.8) is 0 Å². The van der Waals surface area contributed by atoms with Crippen molar-refractivity contribution in [2.75, 3.05) is 5.32 Å². The first-order valence-corrected chi connectivity index (χ1v) is 6.37. The first-order valence-electron chi connectivity index (χ1n) is 6.37. The van der Waals surface area contributed by atoms with Crippen molar-refractivity contribution in [3.05, 3.63) is 47.8 Å². The van der Waals surface area contributed by atoms with Crippen LogP contribution < -0.4 is 5.32 Å². The number of hydrogen-bond acceptors (Lipinski definition) is 3. The molecule has 1 heterocycles. The fourth-order valence-electron chi connectivity index (χ4n) is 1.88. The standard InChI is InChI=1S/C15H18N4/c1-11(2)19-10-13(9-17-19)15(8-16)18-14-6-4-5-12(3)7-14/h4-7,9-11,15,18H,1-3H3. The lowest BCUT2D eigenvalue weighted by molar-refractivity contribution is 0.532. The molecule has 1 aromatic heterocycles. The van der Waals surface area contributed by atoms with Gasteiger partial charge in [0.15, 0.2) is 0 Å². The van der Waals surface area contributed by atoms with Crippen molar-refractivity contribution < 1.29 is 0 Å². The van der Waals surface area contributed by atoms with Crippen LogP contribution >= 0.6 is 0 Å². The highest BCUT2D eigenvalue weighted by molar-refractivity contribution is 5.48. The number of aromatic nitrogens is 2. The summed E-state index contributed by atoms with van der Waals surface area (Å²) in [6, 6.07) is 10.2. The summed E-state index contributed by atoms with van der Waals surface area (Å²) >= 11 is 0. The molecular formula is C15H18N4. The minimum Gasteiger partial charge on any atom is -0.366 e. The second-order valence-electron chi connectivity index (χ2n) is 4.92. The first-order chi connectivity index (χ1) is 9.10. The van der Waals surface area contributed by atoms with Gasteiger partial charge in [0.25, 0.3) is 0 Å². The molecule has 1 N–H and O–H groups in total. The summed E-state index contributed by atoms with van der Waals surface area (Å²) < 4.78 is 1.86. The predicted molar refractivity (Wildman–Crippen MR) is 75.8 cm³/mol. The number of nitrogens with one attached hydrogen (secondary N) is 1. The van der Waals surface area contributed by atoms with E-state index in [9.17, 15) is 5.26 Å². The van der Waals surface area contributed by atoms with Gasteiger partial charge in [-0.05, 0) is 38.5 Å². The number of benzene rings is 1. The summed E-state index contributed by atoms with van der Waals surface area (Å²) in [5.74, 6) is 0. The van der Waals surface area contributed by atoms with Gasteiger partial charge in [0, 0.05) is 23.5 Å². The first kappa shape index (κ1) is 13.2. The number of nitrogens with zero attached hydrogens (tertiary/aromatic N) is 3. The number of anilines is 1. The van der Waals surface area contributed by atoms with E-state index >= 15 is 0 Å². The fraction of sp³-hybridized carbons (Fsp3) is 0.333. The Morgan fingerprint density at radius 2 is 2.16 bits per heavy atom. The molecule has 0 aliphatic carbocycles. The van der Waals surface area contributed by atoms with Crippen LogP contribution in [0.2, 0.25) is 0 Å². The lowest BCUT2D eigenvalue weighted by Crippen LogP contribution is -2.08. The summed E-state index contributed by atoms with van der Waals surface area (Å²) in [6.45, 7) is 6.15. The minimum atomic E-state index is -0.380. The van der Waals surface area contributed by atoms with Gasteiger partial charge in [-0.3, -0.25) is 4.68 Å². The summed E-state index contributed by atoms with van der Waals surface area (Å²) in [5, 5.41) is 16.8. The molecule has 0 saturated heterocycles. The highest BCUT2D eigenvalue weighted by Gasteiger charge is 2.13. The van der Waals surface area contributed by atoms with Crippen LogP contribution in [-0.2, 0) is 0 Å². The van der Waals surface area contributed by atoms with E-state index in [1.807, 2.05) is 42.1 Å². The van der Waals surface area contributed by atoms with E-state index in [1.165, 1.54) is 5.56 Å². The second-order valence-corrected chi connectivity index (χ2v) is 4.92. The average molecular weight is 254 g/mol. The molecule has 98 valence electrons. The Hall–Kier alpha value is -2.28. The Balaban J connectivity index is 2.18. The molecule has 1 aromatic carbocycles. The predicted octanol–water partition coefficient (Wildman–Crippen LogP) is 3.45. The number of nitriles is 1. The highest BCUT2D eigenvalue weighted by Crippen LogP contribution is 2.20. The normalized spacial score (nSPS) is 12.2. The maximum Gasteiger partial charge on any atom is 0.143 e. The van der Waals surface area contributed by atoms with Gasteiger partial charge >= 0.3 is 0 Å². The Bertz CT molecular complexity index is 592. The maximum atomic E-state index is 9.31. The number of rotatable bonds is 4. The van der Waals surface area contributed by atoms with E-state index in [1.54, 1.807) is 6.20 Å². The van der Waals surface area contributed by atoms with E-state index in [4.69, 9.17) is 0 Å². The highest BCUT2D eigenvalue weighted by atomic mass is 15.3. The zero-order chi connectivity index (χ0) is 13.8. The summed E-state index contributed by atoms with van der Waals surface area (Å²) in [7, 11) is 0. The van der Waals surface area contributed by atoms with E-state index in [0.29, 0.717) is 6.04 Å². The van der Waals surface area contributed by atoms with Crippen LogP contribution in [0, 0.1) is 18.3 Å². The lowest BCUT2D eigenvalue weighted by atomic mass is 10.1. The van der Waals surface area contributed by atoms with E-state index < -0.39 is 0 Å². The van der Waals surface area contributed by atoms with Crippen molar-refractivity contribution in [3.8, 4) is 6.07 Å². The number of aryl methyl sites for hydroxylation is 1. The van der Waals surface area contributed by atoms with Gasteiger partial charge in [0.1, 0.15) is 6.04 Å². The zero-order valence-corrected chi connectivity index (χ0v) is 11.5. The van der Waals surface area contributed by atoms with E-state index in [-0.39, 0.29) is 6.04 Å². The van der Waals surface area contributed by atoms with Crippen LogP contribution in [-0.4, -0.2) is 9.78 Å². The summed E-state index contributed by atoms with van der Waals surface area (Å²) in [5.41, 5.74) is 3.00. The molecule has 2 rings (SSSR count). The van der Waals surface area contributed by atoms with Crippen molar-refractivity contribution >= 4 is 5.69 Å². The van der Waals surface area contributed by atoms with Crippen LogP contribution in [0.15, 0.2) is 36.7 Å². The maximum absolute atomic E-state index is 9.31. The molecular weight excluding hydrogens is 236 g/mol. The molecule has 0 saturated carbocycles. The molecule has 19 heavy (non-hydrogen) atoms. The molecule has 4 nitrogen and oxygen atoms in total. The molecule has 0 radical (unpaired) electrons. The molecule has 0 spiro atoms. The van der Waals surface area contributed by atoms with Crippen molar-refractivity contribution in [2.24, 2.45) is 0 Å². The third-order valence-corrected chi connectivity index (χ3v) is 2.94. The largest absolute Gasteiger partial charge is 0.366 e.